The van der Waals surface area contributed by atoms with E-state index in [1.165, 1.54) is 93.6 Å². The van der Waals surface area contributed by atoms with Crippen molar-refractivity contribution in [2.24, 2.45) is 5.92 Å². The van der Waals surface area contributed by atoms with E-state index < -0.39 is 0 Å². The maximum absolute atomic E-state index is 6.36. The van der Waals surface area contributed by atoms with E-state index >= 15 is 0 Å². The number of piperidine rings is 1. The summed E-state index contributed by atoms with van der Waals surface area (Å²) in [4.78, 5) is 2.60. The second-order valence-electron chi connectivity index (χ2n) is 9.08. The Morgan fingerprint density at radius 2 is 1.64 bits per heavy atom. The smallest absolute Gasteiger partial charge is 0.120 e. The van der Waals surface area contributed by atoms with Crippen LogP contribution in [0.5, 0.6) is 5.75 Å². The van der Waals surface area contributed by atoms with Crippen LogP contribution in [-0.2, 0) is 6.54 Å². The number of nitrogens with zero attached hydrogens (tertiary/aromatic N) is 1. The highest BCUT2D eigenvalue weighted by Gasteiger charge is 2.22. The second kappa shape index (κ2) is 9.78. The molecule has 0 aromatic heterocycles. The van der Waals surface area contributed by atoms with Gasteiger partial charge in [0.25, 0.3) is 0 Å². The molecule has 0 radical (unpaired) electrons. The van der Waals surface area contributed by atoms with Gasteiger partial charge in [-0.05, 0) is 92.1 Å². The first-order valence-corrected chi connectivity index (χ1v) is 11.7. The van der Waals surface area contributed by atoms with E-state index in [-0.39, 0.29) is 0 Å². The van der Waals surface area contributed by atoms with Gasteiger partial charge in [-0.2, -0.15) is 0 Å². The molecule has 0 N–H and O–H groups in total. The van der Waals surface area contributed by atoms with E-state index in [1.807, 2.05) is 0 Å². The highest BCUT2D eigenvalue weighted by Crippen LogP contribution is 2.31. The van der Waals surface area contributed by atoms with E-state index in [9.17, 15) is 0 Å². The van der Waals surface area contributed by atoms with Gasteiger partial charge in [0.1, 0.15) is 5.75 Å². The van der Waals surface area contributed by atoms with Crippen molar-refractivity contribution < 1.29 is 4.74 Å². The van der Waals surface area contributed by atoms with Gasteiger partial charge in [-0.25, -0.2) is 0 Å². The molecule has 2 aromatic carbocycles. The molecular formula is C26H37NO. The van der Waals surface area contributed by atoms with Crippen molar-refractivity contribution in [2.75, 3.05) is 13.1 Å². The fraction of sp³-hybridized carbons (Fsp3) is 0.615. The molecule has 1 saturated carbocycles. The van der Waals surface area contributed by atoms with Crippen LogP contribution in [0.4, 0.5) is 0 Å². The third-order valence-electron chi connectivity index (χ3n) is 6.79. The Kier molecular flexibility index (Phi) is 6.90. The van der Waals surface area contributed by atoms with Crippen molar-refractivity contribution in [3.63, 3.8) is 0 Å². The SMILES string of the molecule is CCCCC1CCC(Oc2ccc3cc(CN4CCCCC4)ccc3c2)CC1. The Morgan fingerprint density at radius 1 is 0.893 bits per heavy atom. The molecule has 0 bridgehead atoms. The summed E-state index contributed by atoms with van der Waals surface area (Å²) in [6.45, 7) is 5.90. The largest absolute Gasteiger partial charge is 0.490 e. The van der Waals surface area contributed by atoms with Crippen LogP contribution in [0.2, 0.25) is 0 Å². The van der Waals surface area contributed by atoms with Gasteiger partial charge >= 0.3 is 0 Å². The molecule has 4 rings (SSSR count). The van der Waals surface area contributed by atoms with Crippen LogP contribution >= 0.6 is 0 Å². The van der Waals surface area contributed by atoms with Crippen molar-refractivity contribution in [3.8, 4) is 5.75 Å². The quantitative estimate of drug-likeness (QED) is 0.516. The zero-order valence-electron chi connectivity index (χ0n) is 17.7. The Labute approximate surface area is 171 Å². The second-order valence-corrected chi connectivity index (χ2v) is 9.08. The summed E-state index contributed by atoms with van der Waals surface area (Å²) in [7, 11) is 0. The van der Waals surface area contributed by atoms with E-state index in [0.29, 0.717) is 6.10 Å². The molecule has 1 aliphatic heterocycles. The first-order chi connectivity index (χ1) is 13.8. The molecule has 0 unspecified atom stereocenters. The predicted molar refractivity (Wildman–Crippen MR) is 119 cm³/mol. The molecule has 0 amide bonds. The average Bonchev–Trinajstić information content (AvgIpc) is 2.74. The van der Waals surface area contributed by atoms with Crippen LogP contribution in [0.1, 0.15) is 76.7 Å². The molecule has 1 aliphatic carbocycles. The number of hydrogen-bond donors (Lipinski definition) is 0. The molecule has 152 valence electrons. The van der Waals surface area contributed by atoms with Gasteiger partial charge in [-0.1, -0.05) is 50.8 Å². The minimum Gasteiger partial charge on any atom is -0.490 e. The molecule has 2 aromatic rings. The molecule has 2 heteroatoms. The van der Waals surface area contributed by atoms with Gasteiger partial charge in [0.15, 0.2) is 0 Å². The van der Waals surface area contributed by atoms with Crippen molar-refractivity contribution in [3.05, 3.63) is 42.0 Å². The maximum atomic E-state index is 6.36. The van der Waals surface area contributed by atoms with Gasteiger partial charge in [0.05, 0.1) is 6.10 Å². The monoisotopic (exact) mass is 379 g/mol. The summed E-state index contributed by atoms with van der Waals surface area (Å²) < 4.78 is 6.36. The average molecular weight is 380 g/mol. The highest BCUT2D eigenvalue weighted by molar-refractivity contribution is 5.84. The maximum Gasteiger partial charge on any atom is 0.120 e. The standard InChI is InChI=1S/C26H37NO/c1-2-3-7-21-9-13-25(14-10-21)28-26-15-12-23-18-22(8-11-24(23)19-26)20-27-16-5-4-6-17-27/h8,11-12,15,18-19,21,25H,2-7,9-10,13-14,16-17,20H2,1H3. The minimum atomic E-state index is 0.411. The first-order valence-electron chi connectivity index (χ1n) is 11.7. The lowest BCUT2D eigenvalue weighted by molar-refractivity contribution is 0.128. The van der Waals surface area contributed by atoms with Crippen LogP contribution in [0.3, 0.4) is 0 Å². The highest BCUT2D eigenvalue weighted by atomic mass is 16.5. The minimum absolute atomic E-state index is 0.411. The third-order valence-corrected chi connectivity index (χ3v) is 6.79. The fourth-order valence-corrected chi connectivity index (χ4v) is 5.04. The molecule has 2 fully saturated rings. The number of unbranched alkanes of at least 4 members (excludes halogenated alkanes) is 1. The summed E-state index contributed by atoms with van der Waals surface area (Å²) in [5.74, 6) is 1.99. The summed E-state index contributed by atoms with van der Waals surface area (Å²) in [6, 6.07) is 13.6. The van der Waals surface area contributed by atoms with Gasteiger partial charge < -0.3 is 4.74 Å². The van der Waals surface area contributed by atoms with Crippen LogP contribution < -0.4 is 4.74 Å². The van der Waals surface area contributed by atoms with Crippen LogP contribution in [-0.4, -0.2) is 24.1 Å². The van der Waals surface area contributed by atoms with Crippen molar-refractivity contribution in [1.29, 1.82) is 0 Å². The van der Waals surface area contributed by atoms with Gasteiger partial charge in [-0.3, -0.25) is 4.90 Å². The van der Waals surface area contributed by atoms with Crippen LogP contribution in [0.25, 0.3) is 10.8 Å². The lowest BCUT2D eigenvalue weighted by Crippen LogP contribution is -2.29. The molecular weight excluding hydrogens is 342 g/mol. The number of rotatable bonds is 7. The fourth-order valence-electron chi connectivity index (χ4n) is 5.04. The Hall–Kier alpha value is -1.54. The molecule has 2 aliphatic rings. The van der Waals surface area contributed by atoms with Gasteiger partial charge in [0, 0.05) is 6.54 Å². The molecule has 1 saturated heterocycles. The number of likely N-dealkylation sites (tertiary alicyclic amines) is 1. The zero-order valence-corrected chi connectivity index (χ0v) is 17.7. The summed E-state index contributed by atoms with van der Waals surface area (Å²) in [5.41, 5.74) is 1.44. The van der Waals surface area contributed by atoms with E-state index in [4.69, 9.17) is 4.74 Å². The first kappa shape index (κ1) is 19.8. The molecule has 28 heavy (non-hydrogen) atoms. The number of ether oxygens (including phenoxy) is 1. The molecule has 0 atom stereocenters. The normalized spacial score (nSPS) is 23.8. The molecule has 1 heterocycles. The molecule has 0 spiro atoms. The number of fused-ring (bicyclic) bond motifs is 1. The Bertz CT molecular complexity index is 741. The predicted octanol–water partition coefficient (Wildman–Crippen LogP) is 6.95. The third kappa shape index (κ3) is 5.29. The van der Waals surface area contributed by atoms with E-state index in [2.05, 4.69) is 48.2 Å². The Balaban J connectivity index is 1.34. The number of hydrogen-bond acceptors (Lipinski definition) is 2. The summed E-state index contributed by atoms with van der Waals surface area (Å²) >= 11 is 0. The van der Waals surface area contributed by atoms with Crippen LogP contribution in [0, 0.1) is 5.92 Å². The zero-order chi connectivity index (χ0) is 19.2. The van der Waals surface area contributed by atoms with Gasteiger partial charge in [0.2, 0.25) is 0 Å². The lowest BCUT2D eigenvalue weighted by Gasteiger charge is -2.29. The van der Waals surface area contributed by atoms with Crippen molar-refractivity contribution in [2.45, 2.75) is 83.8 Å². The van der Waals surface area contributed by atoms with E-state index in [1.54, 1.807) is 0 Å². The number of benzene rings is 2. The summed E-state index contributed by atoms with van der Waals surface area (Å²) in [6.07, 6.45) is 13.8. The van der Waals surface area contributed by atoms with Crippen LogP contribution in [0.15, 0.2) is 36.4 Å². The van der Waals surface area contributed by atoms with Crippen molar-refractivity contribution in [1.82, 2.24) is 4.90 Å². The topological polar surface area (TPSA) is 12.5 Å². The van der Waals surface area contributed by atoms with Gasteiger partial charge in [-0.15, -0.1) is 0 Å². The molecule has 2 nitrogen and oxygen atoms in total. The van der Waals surface area contributed by atoms with Crippen molar-refractivity contribution >= 4 is 10.8 Å². The Morgan fingerprint density at radius 3 is 2.43 bits per heavy atom. The lowest BCUT2D eigenvalue weighted by atomic mass is 9.84. The van der Waals surface area contributed by atoms with E-state index in [0.717, 1.165) is 18.2 Å². The summed E-state index contributed by atoms with van der Waals surface area (Å²) in [5, 5.41) is 2.64.